The van der Waals surface area contributed by atoms with E-state index in [0.29, 0.717) is 6.04 Å². The molecule has 1 rings (SSSR count). The van der Waals surface area contributed by atoms with E-state index in [9.17, 15) is 0 Å². The Morgan fingerprint density at radius 3 is 2.00 bits per heavy atom. The molecule has 1 N–H and O–H groups in total. The lowest BCUT2D eigenvalue weighted by atomic mass is 10.1. The summed E-state index contributed by atoms with van der Waals surface area (Å²) in [7, 11) is 2.01. The van der Waals surface area contributed by atoms with Gasteiger partial charge in [0, 0.05) is 24.0 Å². The van der Waals surface area contributed by atoms with Gasteiger partial charge < -0.3 is 10.2 Å². The molecule has 1 aromatic rings. The van der Waals surface area contributed by atoms with Crippen LogP contribution >= 0.6 is 11.3 Å². The third kappa shape index (κ3) is 5.95. The second-order valence-electron chi connectivity index (χ2n) is 6.81. The number of anilines is 1. The van der Waals surface area contributed by atoms with Crippen LogP contribution in [0, 0.1) is 18.8 Å². The minimum Gasteiger partial charge on any atom is -0.348 e. The van der Waals surface area contributed by atoms with Gasteiger partial charge in [-0.1, -0.05) is 27.7 Å². The second kappa shape index (κ2) is 8.74. The van der Waals surface area contributed by atoms with Gasteiger partial charge in [-0.15, -0.1) is 11.3 Å². The quantitative estimate of drug-likeness (QED) is 0.720. The summed E-state index contributed by atoms with van der Waals surface area (Å²) >= 11 is 1.86. The first-order valence-electron chi connectivity index (χ1n) is 8.24. The lowest BCUT2D eigenvalue weighted by Gasteiger charge is -2.23. The molecule has 0 saturated heterocycles. The SMILES string of the molecule is CNC(C)c1sc(N(CCC(C)C)CCC(C)C)nc1C. The fourth-order valence-electron chi connectivity index (χ4n) is 2.19. The molecule has 0 aliphatic heterocycles. The molecule has 0 aliphatic rings. The average Bonchev–Trinajstić information content (AvgIpc) is 2.79. The van der Waals surface area contributed by atoms with Gasteiger partial charge >= 0.3 is 0 Å². The van der Waals surface area contributed by atoms with Gasteiger partial charge in [-0.3, -0.25) is 0 Å². The third-order valence-corrected chi connectivity index (χ3v) is 5.27. The number of rotatable bonds is 9. The average molecular weight is 312 g/mol. The number of hydrogen-bond acceptors (Lipinski definition) is 4. The minimum absolute atomic E-state index is 0.383. The van der Waals surface area contributed by atoms with Crippen molar-refractivity contribution < 1.29 is 0 Å². The zero-order chi connectivity index (χ0) is 16.0. The van der Waals surface area contributed by atoms with E-state index in [-0.39, 0.29) is 0 Å². The Balaban J connectivity index is 2.85. The van der Waals surface area contributed by atoms with Gasteiger partial charge in [0.25, 0.3) is 0 Å². The van der Waals surface area contributed by atoms with Crippen molar-refractivity contribution in [2.24, 2.45) is 11.8 Å². The van der Waals surface area contributed by atoms with Crippen molar-refractivity contribution in [2.45, 2.75) is 60.4 Å². The highest BCUT2D eigenvalue weighted by atomic mass is 32.1. The molecule has 0 amide bonds. The Kier molecular flexibility index (Phi) is 7.67. The maximum absolute atomic E-state index is 4.84. The Morgan fingerprint density at radius 2 is 1.57 bits per heavy atom. The van der Waals surface area contributed by atoms with Crippen LogP contribution in [-0.2, 0) is 0 Å². The van der Waals surface area contributed by atoms with Crippen molar-refractivity contribution in [1.29, 1.82) is 0 Å². The molecule has 1 unspecified atom stereocenters. The van der Waals surface area contributed by atoms with E-state index in [2.05, 4.69) is 51.8 Å². The van der Waals surface area contributed by atoms with E-state index < -0.39 is 0 Å². The molecule has 1 aromatic heterocycles. The lowest BCUT2D eigenvalue weighted by Crippen LogP contribution is -2.27. The first-order chi connectivity index (χ1) is 9.85. The van der Waals surface area contributed by atoms with Crippen molar-refractivity contribution in [3.05, 3.63) is 10.6 Å². The van der Waals surface area contributed by atoms with Crippen LogP contribution in [0.1, 0.15) is 64.1 Å². The smallest absolute Gasteiger partial charge is 0.185 e. The molecule has 0 aromatic carbocycles. The van der Waals surface area contributed by atoms with Crippen molar-refractivity contribution in [2.75, 3.05) is 25.0 Å². The highest BCUT2D eigenvalue weighted by molar-refractivity contribution is 7.15. The summed E-state index contributed by atoms with van der Waals surface area (Å²) in [6, 6.07) is 0.383. The molecule has 1 atom stereocenters. The normalized spacial score (nSPS) is 13.2. The lowest BCUT2D eigenvalue weighted by molar-refractivity contribution is 0.534. The third-order valence-electron chi connectivity index (χ3n) is 3.87. The molecule has 122 valence electrons. The highest BCUT2D eigenvalue weighted by Crippen LogP contribution is 2.31. The zero-order valence-corrected chi connectivity index (χ0v) is 15.7. The summed E-state index contributed by atoms with van der Waals surface area (Å²) in [5, 5.41) is 4.53. The molecule has 21 heavy (non-hydrogen) atoms. The van der Waals surface area contributed by atoms with Crippen molar-refractivity contribution in [3.63, 3.8) is 0 Å². The fourth-order valence-corrected chi connectivity index (χ4v) is 3.37. The molecule has 0 aliphatic carbocycles. The Labute approximate surface area is 135 Å². The van der Waals surface area contributed by atoms with Crippen LogP contribution in [0.4, 0.5) is 5.13 Å². The number of aromatic nitrogens is 1. The largest absolute Gasteiger partial charge is 0.348 e. The Hall–Kier alpha value is -0.610. The summed E-state index contributed by atoms with van der Waals surface area (Å²) < 4.78 is 0. The van der Waals surface area contributed by atoms with E-state index in [4.69, 9.17) is 4.98 Å². The Bertz CT molecular complexity index is 400. The number of nitrogens with one attached hydrogen (secondary N) is 1. The van der Waals surface area contributed by atoms with E-state index in [1.807, 2.05) is 18.4 Å². The van der Waals surface area contributed by atoms with Gasteiger partial charge in [0.05, 0.1) is 5.69 Å². The Morgan fingerprint density at radius 1 is 1.05 bits per heavy atom. The van der Waals surface area contributed by atoms with Crippen LogP contribution in [0.5, 0.6) is 0 Å². The molecule has 4 heteroatoms. The van der Waals surface area contributed by atoms with Crippen LogP contribution in [0.2, 0.25) is 0 Å². The molecule has 0 bridgehead atoms. The van der Waals surface area contributed by atoms with Gasteiger partial charge in [0.15, 0.2) is 5.13 Å². The summed E-state index contributed by atoms with van der Waals surface area (Å²) in [4.78, 5) is 8.70. The first-order valence-corrected chi connectivity index (χ1v) is 9.06. The van der Waals surface area contributed by atoms with Gasteiger partial charge in [0.2, 0.25) is 0 Å². The molecule has 0 fully saturated rings. The standard InChI is InChI=1S/C17H33N3S/c1-12(2)8-10-20(11-9-13(3)4)17-19-15(6)16(21-17)14(5)18-7/h12-14,18H,8-11H2,1-7H3. The van der Waals surface area contributed by atoms with Crippen molar-refractivity contribution in [3.8, 4) is 0 Å². The van der Waals surface area contributed by atoms with Crippen LogP contribution in [0.15, 0.2) is 0 Å². The molecular formula is C17H33N3S. The van der Waals surface area contributed by atoms with E-state index in [1.165, 1.54) is 28.5 Å². The predicted molar refractivity (Wildman–Crippen MR) is 95.4 cm³/mol. The van der Waals surface area contributed by atoms with Crippen molar-refractivity contribution >= 4 is 16.5 Å². The number of aryl methyl sites for hydroxylation is 1. The van der Waals surface area contributed by atoms with Gasteiger partial charge in [-0.05, 0) is 45.6 Å². The highest BCUT2D eigenvalue weighted by Gasteiger charge is 2.17. The molecular weight excluding hydrogens is 278 g/mol. The van der Waals surface area contributed by atoms with Gasteiger partial charge in [-0.2, -0.15) is 0 Å². The van der Waals surface area contributed by atoms with E-state index in [1.54, 1.807) is 0 Å². The number of thiazole rings is 1. The van der Waals surface area contributed by atoms with Gasteiger partial charge in [0.1, 0.15) is 0 Å². The molecule has 0 saturated carbocycles. The fraction of sp³-hybridized carbons (Fsp3) is 0.824. The van der Waals surface area contributed by atoms with Crippen LogP contribution in [0.3, 0.4) is 0 Å². The predicted octanol–water partition coefficient (Wildman–Crippen LogP) is 4.63. The van der Waals surface area contributed by atoms with Crippen LogP contribution < -0.4 is 10.2 Å². The topological polar surface area (TPSA) is 28.2 Å². The van der Waals surface area contributed by atoms with E-state index >= 15 is 0 Å². The number of hydrogen-bond donors (Lipinski definition) is 1. The molecule has 0 radical (unpaired) electrons. The number of nitrogens with zero attached hydrogens (tertiary/aromatic N) is 2. The second-order valence-corrected chi connectivity index (χ2v) is 7.82. The maximum atomic E-state index is 4.84. The summed E-state index contributed by atoms with van der Waals surface area (Å²) in [6.07, 6.45) is 2.46. The molecule has 0 spiro atoms. The maximum Gasteiger partial charge on any atom is 0.185 e. The van der Waals surface area contributed by atoms with Gasteiger partial charge in [-0.25, -0.2) is 4.98 Å². The van der Waals surface area contributed by atoms with Crippen LogP contribution in [0.25, 0.3) is 0 Å². The first kappa shape index (κ1) is 18.4. The van der Waals surface area contributed by atoms with Crippen molar-refractivity contribution in [1.82, 2.24) is 10.3 Å². The summed E-state index contributed by atoms with van der Waals surface area (Å²) in [5.74, 6) is 1.48. The summed E-state index contributed by atoms with van der Waals surface area (Å²) in [6.45, 7) is 15.7. The van der Waals surface area contributed by atoms with Crippen LogP contribution in [-0.4, -0.2) is 25.1 Å². The van der Waals surface area contributed by atoms with E-state index in [0.717, 1.165) is 24.9 Å². The molecule has 3 nitrogen and oxygen atoms in total. The summed E-state index contributed by atoms with van der Waals surface area (Å²) in [5.41, 5.74) is 1.18. The monoisotopic (exact) mass is 311 g/mol. The molecule has 1 heterocycles. The zero-order valence-electron chi connectivity index (χ0n) is 14.9. The minimum atomic E-state index is 0.383.